The van der Waals surface area contributed by atoms with Crippen LogP contribution in [-0.2, 0) is 6.54 Å². The van der Waals surface area contributed by atoms with Gasteiger partial charge in [-0.3, -0.25) is 10.1 Å². The Kier molecular flexibility index (Phi) is 5.19. The third kappa shape index (κ3) is 3.95. The van der Waals surface area contributed by atoms with Gasteiger partial charge in [-0.25, -0.2) is 0 Å². The van der Waals surface area contributed by atoms with E-state index in [0.717, 1.165) is 14.6 Å². The van der Waals surface area contributed by atoms with Gasteiger partial charge in [0.2, 0.25) is 0 Å². The monoisotopic (exact) mass is 414 g/mol. The van der Waals surface area contributed by atoms with Crippen LogP contribution in [0.4, 0.5) is 11.4 Å². The Hall–Kier alpha value is -1.60. The summed E-state index contributed by atoms with van der Waals surface area (Å²) in [5.41, 5.74) is 1.44. The molecule has 5 nitrogen and oxygen atoms in total. The number of halogens is 2. The van der Waals surface area contributed by atoms with Gasteiger partial charge in [-0.1, -0.05) is 31.9 Å². The quantitative estimate of drug-likeness (QED) is 0.565. The summed E-state index contributed by atoms with van der Waals surface area (Å²) in [7, 11) is 1.58. The third-order valence-electron chi connectivity index (χ3n) is 2.87. The average Bonchev–Trinajstić information content (AvgIpc) is 2.45. The predicted molar refractivity (Wildman–Crippen MR) is 88.8 cm³/mol. The number of nitro groups is 1. The maximum atomic E-state index is 11.1. The Morgan fingerprint density at radius 2 is 1.86 bits per heavy atom. The molecule has 7 heteroatoms. The Labute approximate surface area is 138 Å². The van der Waals surface area contributed by atoms with E-state index in [9.17, 15) is 10.1 Å². The van der Waals surface area contributed by atoms with Gasteiger partial charge < -0.3 is 10.1 Å². The highest BCUT2D eigenvalue weighted by molar-refractivity contribution is 9.10. The lowest BCUT2D eigenvalue weighted by Crippen LogP contribution is -2.04. The summed E-state index contributed by atoms with van der Waals surface area (Å²) < 4.78 is 6.96. The van der Waals surface area contributed by atoms with Crippen molar-refractivity contribution in [1.29, 1.82) is 0 Å². The largest absolute Gasteiger partial charge is 0.495 e. The zero-order chi connectivity index (χ0) is 15.4. The maximum absolute atomic E-state index is 11.1. The molecule has 0 saturated heterocycles. The summed E-state index contributed by atoms with van der Waals surface area (Å²) in [6.07, 6.45) is 0. The molecule has 0 atom stereocenters. The molecule has 0 amide bonds. The Bertz CT molecular complexity index is 677. The van der Waals surface area contributed by atoms with Crippen LogP contribution in [0.1, 0.15) is 5.56 Å². The van der Waals surface area contributed by atoms with Crippen LogP contribution in [0.25, 0.3) is 0 Å². The van der Waals surface area contributed by atoms with Gasteiger partial charge in [0.25, 0.3) is 5.69 Å². The molecule has 110 valence electrons. The van der Waals surface area contributed by atoms with Crippen molar-refractivity contribution in [3.05, 3.63) is 61.0 Å². The van der Waals surface area contributed by atoms with Crippen LogP contribution in [0, 0.1) is 10.1 Å². The Balaban J connectivity index is 2.26. The third-order valence-corrected chi connectivity index (χ3v) is 3.86. The minimum atomic E-state index is -0.387. The molecule has 2 rings (SSSR count). The summed E-state index contributed by atoms with van der Waals surface area (Å²) in [5, 5.41) is 14.2. The SMILES string of the molecule is COc1ccc(Br)cc1NCc1cc(Br)ccc1[N+](=O)[O-]. The summed E-state index contributed by atoms with van der Waals surface area (Å²) in [5.74, 6) is 0.677. The second-order valence-electron chi connectivity index (χ2n) is 4.23. The molecule has 0 saturated carbocycles. The van der Waals surface area contributed by atoms with E-state index >= 15 is 0 Å². The molecule has 0 bridgehead atoms. The van der Waals surface area contributed by atoms with E-state index in [1.807, 2.05) is 18.2 Å². The molecule has 0 aromatic heterocycles. The lowest BCUT2D eigenvalue weighted by atomic mass is 10.1. The number of nitrogens with zero attached hydrogens (tertiary/aromatic N) is 1. The molecule has 0 spiro atoms. The van der Waals surface area contributed by atoms with Crippen molar-refractivity contribution >= 4 is 43.2 Å². The van der Waals surface area contributed by atoms with E-state index in [-0.39, 0.29) is 10.6 Å². The number of ether oxygens (including phenoxy) is 1. The van der Waals surface area contributed by atoms with Crippen molar-refractivity contribution in [2.45, 2.75) is 6.54 Å². The van der Waals surface area contributed by atoms with Gasteiger partial charge in [-0.05, 0) is 30.3 Å². The smallest absolute Gasteiger partial charge is 0.274 e. The first kappa shape index (κ1) is 15.8. The van der Waals surface area contributed by atoms with Gasteiger partial charge in [-0.2, -0.15) is 0 Å². The van der Waals surface area contributed by atoms with Crippen LogP contribution in [0.5, 0.6) is 5.75 Å². The number of anilines is 1. The summed E-state index contributed by atoms with van der Waals surface area (Å²) >= 11 is 6.72. The molecular weight excluding hydrogens is 404 g/mol. The van der Waals surface area contributed by atoms with E-state index in [1.54, 1.807) is 19.2 Å². The molecule has 0 heterocycles. The fourth-order valence-corrected chi connectivity index (χ4v) is 2.65. The van der Waals surface area contributed by atoms with Crippen molar-refractivity contribution in [3.8, 4) is 5.75 Å². The zero-order valence-electron chi connectivity index (χ0n) is 11.1. The summed E-state index contributed by atoms with van der Waals surface area (Å²) in [6, 6.07) is 10.4. The van der Waals surface area contributed by atoms with E-state index in [2.05, 4.69) is 37.2 Å². The summed E-state index contributed by atoms with van der Waals surface area (Å²) in [6.45, 7) is 0.322. The number of hydrogen-bond donors (Lipinski definition) is 1. The number of methoxy groups -OCH3 is 1. The number of nitrogens with one attached hydrogen (secondary N) is 1. The van der Waals surface area contributed by atoms with Gasteiger partial charge in [0.05, 0.1) is 17.7 Å². The molecule has 0 aliphatic carbocycles. The molecule has 0 aliphatic rings. The first-order chi connectivity index (χ1) is 10.0. The van der Waals surface area contributed by atoms with Crippen molar-refractivity contribution in [3.63, 3.8) is 0 Å². The maximum Gasteiger partial charge on any atom is 0.274 e. The Morgan fingerprint density at radius 3 is 2.52 bits per heavy atom. The number of benzene rings is 2. The number of nitro benzene ring substituents is 1. The highest BCUT2D eigenvalue weighted by atomic mass is 79.9. The van der Waals surface area contributed by atoms with Gasteiger partial charge in [0, 0.05) is 27.1 Å². The van der Waals surface area contributed by atoms with Crippen LogP contribution in [-0.4, -0.2) is 12.0 Å². The summed E-state index contributed by atoms with van der Waals surface area (Å²) in [4.78, 5) is 10.7. The van der Waals surface area contributed by atoms with Gasteiger partial charge in [0.1, 0.15) is 5.75 Å². The highest BCUT2D eigenvalue weighted by Crippen LogP contribution is 2.30. The van der Waals surface area contributed by atoms with Gasteiger partial charge in [0.15, 0.2) is 0 Å². The molecule has 2 aromatic rings. The molecule has 0 unspecified atom stereocenters. The normalized spacial score (nSPS) is 10.2. The minimum absolute atomic E-state index is 0.0830. The average molecular weight is 416 g/mol. The van der Waals surface area contributed by atoms with Crippen molar-refractivity contribution in [2.75, 3.05) is 12.4 Å². The lowest BCUT2D eigenvalue weighted by Gasteiger charge is -2.12. The van der Waals surface area contributed by atoms with E-state index in [1.165, 1.54) is 6.07 Å². The highest BCUT2D eigenvalue weighted by Gasteiger charge is 2.14. The second-order valence-corrected chi connectivity index (χ2v) is 6.06. The van der Waals surface area contributed by atoms with Gasteiger partial charge >= 0.3 is 0 Å². The molecule has 2 aromatic carbocycles. The van der Waals surface area contributed by atoms with Crippen molar-refractivity contribution in [1.82, 2.24) is 0 Å². The molecule has 0 fully saturated rings. The van der Waals surface area contributed by atoms with Crippen molar-refractivity contribution < 1.29 is 9.66 Å². The fraction of sp³-hybridized carbons (Fsp3) is 0.143. The topological polar surface area (TPSA) is 64.4 Å². The zero-order valence-corrected chi connectivity index (χ0v) is 14.3. The first-order valence-electron chi connectivity index (χ1n) is 6.01. The second kappa shape index (κ2) is 6.91. The molecule has 1 N–H and O–H groups in total. The van der Waals surface area contributed by atoms with E-state index in [0.29, 0.717) is 17.9 Å². The standard InChI is InChI=1S/C14H12Br2N2O3/c1-21-14-5-3-11(16)7-12(14)17-8-9-6-10(15)2-4-13(9)18(19)20/h2-7,17H,8H2,1H3. The van der Waals surface area contributed by atoms with Crippen LogP contribution < -0.4 is 10.1 Å². The van der Waals surface area contributed by atoms with Crippen LogP contribution in [0.3, 0.4) is 0 Å². The number of hydrogen-bond acceptors (Lipinski definition) is 4. The van der Waals surface area contributed by atoms with E-state index in [4.69, 9.17) is 4.74 Å². The molecule has 0 radical (unpaired) electrons. The van der Waals surface area contributed by atoms with Gasteiger partial charge in [-0.15, -0.1) is 0 Å². The van der Waals surface area contributed by atoms with Crippen LogP contribution >= 0.6 is 31.9 Å². The number of rotatable bonds is 5. The molecular formula is C14H12Br2N2O3. The fourth-order valence-electron chi connectivity index (χ4n) is 1.88. The Morgan fingerprint density at radius 1 is 1.19 bits per heavy atom. The van der Waals surface area contributed by atoms with E-state index < -0.39 is 0 Å². The predicted octanol–water partition coefficient (Wildman–Crippen LogP) is 4.74. The first-order valence-corrected chi connectivity index (χ1v) is 7.60. The van der Waals surface area contributed by atoms with Crippen molar-refractivity contribution in [2.24, 2.45) is 0 Å². The van der Waals surface area contributed by atoms with Crippen LogP contribution in [0.2, 0.25) is 0 Å². The lowest BCUT2D eigenvalue weighted by molar-refractivity contribution is -0.385. The van der Waals surface area contributed by atoms with Crippen LogP contribution in [0.15, 0.2) is 45.3 Å². The molecule has 21 heavy (non-hydrogen) atoms. The minimum Gasteiger partial charge on any atom is -0.495 e. The molecule has 0 aliphatic heterocycles.